The van der Waals surface area contributed by atoms with E-state index in [0.717, 1.165) is 22.0 Å². The number of aromatic hydroxyl groups is 1. The number of nitrogens with two attached hydrogens (primary N) is 1. The highest BCUT2D eigenvalue weighted by molar-refractivity contribution is 5.95. The number of benzene rings is 3. The summed E-state index contributed by atoms with van der Waals surface area (Å²) in [6, 6.07) is 20.4. The maximum atomic E-state index is 10.9. The topological polar surface area (TPSA) is 102 Å². The number of rotatable bonds is 5. The van der Waals surface area contributed by atoms with Gasteiger partial charge in [0.15, 0.2) is 5.69 Å². The number of para-hydroxylation sites is 1. The van der Waals surface area contributed by atoms with Crippen molar-refractivity contribution in [3.63, 3.8) is 0 Å². The fourth-order valence-electron chi connectivity index (χ4n) is 3.21. The number of ether oxygens (including phenoxy) is 1. The number of nitrogens with zero attached hydrogens (tertiary/aromatic N) is 3. The molecular formula is C21H18N4O3. The molecule has 0 radical (unpaired) electrons. The van der Waals surface area contributed by atoms with E-state index >= 15 is 0 Å². The quantitative estimate of drug-likeness (QED) is 0.493. The van der Waals surface area contributed by atoms with Gasteiger partial charge in [-0.1, -0.05) is 53.6 Å². The Morgan fingerprint density at radius 2 is 1.79 bits per heavy atom. The minimum absolute atomic E-state index is 0.0895. The van der Waals surface area contributed by atoms with E-state index in [9.17, 15) is 9.90 Å². The summed E-state index contributed by atoms with van der Waals surface area (Å²) < 4.78 is 7.54. The molecule has 140 valence electrons. The second-order valence-electron chi connectivity index (χ2n) is 6.24. The minimum atomic E-state index is -0.920. The number of carbonyl (C=O) groups excluding carboxylic acids is 1. The number of azo groups is 1. The second kappa shape index (κ2) is 7.40. The number of aromatic nitrogens is 1. The van der Waals surface area contributed by atoms with E-state index in [2.05, 4.69) is 10.2 Å². The highest BCUT2D eigenvalue weighted by Crippen LogP contribution is 2.38. The number of hydrogen-bond acceptors (Lipinski definition) is 4. The summed E-state index contributed by atoms with van der Waals surface area (Å²) in [4.78, 5) is 10.9. The summed E-state index contributed by atoms with van der Waals surface area (Å²) in [5.74, 6) is 0.664. The van der Waals surface area contributed by atoms with Gasteiger partial charge >= 0.3 is 6.03 Å². The van der Waals surface area contributed by atoms with Crippen LogP contribution in [0.25, 0.3) is 21.7 Å². The number of amides is 2. The molecule has 1 aromatic heterocycles. The Kier molecular flexibility index (Phi) is 4.63. The van der Waals surface area contributed by atoms with Crippen LogP contribution in [0.5, 0.6) is 11.6 Å². The van der Waals surface area contributed by atoms with Gasteiger partial charge < -0.3 is 20.1 Å². The SMILES string of the molecule is NC(=O)N=Nc1c(O)n(CCOc2ccc3ccccc3c2)c2ccccc12. The molecule has 7 nitrogen and oxygen atoms in total. The summed E-state index contributed by atoms with van der Waals surface area (Å²) in [5, 5.41) is 20.6. The zero-order valence-corrected chi connectivity index (χ0v) is 14.9. The van der Waals surface area contributed by atoms with Gasteiger partial charge in [-0.25, -0.2) is 4.79 Å². The normalized spacial score (nSPS) is 11.4. The second-order valence-corrected chi connectivity index (χ2v) is 6.24. The van der Waals surface area contributed by atoms with Gasteiger partial charge in [-0.2, -0.15) is 0 Å². The van der Waals surface area contributed by atoms with Crippen LogP contribution in [0.2, 0.25) is 0 Å². The van der Waals surface area contributed by atoms with Crippen molar-refractivity contribution in [1.82, 2.24) is 4.57 Å². The lowest BCUT2D eigenvalue weighted by atomic mass is 10.1. The zero-order chi connectivity index (χ0) is 19.5. The van der Waals surface area contributed by atoms with Crippen molar-refractivity contribution in [2.75, 3.05) is 6.61 Å². The molecule has 1 heterocycles. The van der Waals surface area contributed by atoms with Crippen molar-refractivity contribution >= 4 is 33.4 Å². The van der Waals surface area contributed by atoms with Gasteiger partial charge in [-0.05, 0) is 29.0 Å². The first-order valence-electron chi connectivity index (χ1n) is 8.76. The van der Waals surface area contributed by atoms with Crippen molar-refractivity contribution < 1.29 is 14.6 Å². The van der Waals surface area contributed by atoms with E-state index in [1.807, 2.05) is 60.7 Å². The van der Waals surface area contributed by atoms with Crippen molar-refractivity contribution in [1.29, 1.82) is 0 Å². The van der Waals surface area contributed by atoms with Crippen LogP contribution in [0, 0.1) is 0 Å². The molecule has 0 aliphatic rings. The third-order valence-electron chi connectivity index (χ3n) is 4.47. The van der Waals surface area contributed by atoms with Gasteiger partial charge in [0.25, 0.3) is 0 Å². The molecule has 3 N–H and O–H groups in total. The maximum absolute atomic E-state index is 10.9. The number of carbonyl (C=O) groups is 1. The molecule has 0 aliphatic carbocycles. The smallest absolute Gasteiger partial charge is 0.356 e. The Hall–Kier alpha value is -3.87. The van der Waals surface area contributed by atoms with Gasteiger partial charge in [-0.3, -0.25) is 0 Å². The Bertz CT molecular complexity index is 1200. The van der Waals surface area contributed by atoms with Crippen LogP contribution >= 0.6 is 0 Å². The number of urea groups is 1. The first-order valence-corrected chi connectivity index (χ1v) is 8.76. The van der Waals surface area contributed by atoms with Crippen molar-refractivity contribution in [3.05, 3.63) is 66.7 Å². The molecule has 0 spiro atoms. The summed E-state index contributed by atoms with van der Waals surface area (Å²) in [6.07, 6.45) is 0. The average Bonchev–Trinajstić information content (AvgIpc) is 2.97. The van der Waals surface area contributed by atoms with Crippen LogP contribution < -0.4 is 10.5 Å². The van der Waals surface area contributed by atoms with Gasteiger partial charge in [0.05, 0.1) is 12.1 Å². The molecule has 0 bridgehead atoms. The Morgan fingerprint density at radius 3 is 2.61 bits per heavy atom. The largest absolute Gasteiger partial charge is 0.493 e. The molecule has 0 atom stereocenters. The highest BCUT2D eigenvalue weighted by Gasteiger charge is 2.16. The highest BCUT2D eigenvalue weighted by atomic mass is 16.5. The molecule has 3 aromatic carbocycles. The van der Waals surface area contributed by atoms with E-state index < -0.39 is 6.03 Å². The first-order chi connectivity index (χ1) is 13.6. The fourth-order valence-corrected chi connectivity index (χ4v) is 3.21. The molecule has 0 aliphatic heterocycles. The van der Waals surface area contributed by atoms with Crippen molar-refractivity contribution in [2.24, 2.45) is 16.0 Å². The molecule has 0 saturated carbocycles. The van der Waals surface area contributed by atoms with Crippen LogP contribution in [0.15, 0.2) is 77.0 Å². The zero-order valence-electron chi connectivity index (χ0n) is 14.9. The summed E-state index contributed by atoms with van der Waals surface area (Å²) >= 11 is 0. The van der Waals surface area contributed by atoms with Crippen LogP contribution in [0.3, 0.4) is 0 Å². The molecule has 0 fully saturated rings. The van der Waals surface area contributed by atoms with E-state index in [1.54, 1.807) is 10.6 Å². The molecule has 2 amide bonds. The maximum Gasteiger partial charge on any atom is 0.356 e. The van der Waals surface area contributed by atoms with Gasteiger partial charge in [0, 0.05) is 5.39 Å². The van der Waals surface area contributed by atoms with E-state index in [-0.39, 0.29) is 11.6 Å². The van der Waals surface area contributed by atoms with Crippen molar-refractivity contribution in [3.8, 4) is 11.6 Å². The molecule has 4 aromatic rings. The third-order valence-corrected chi connectivity index (χ3v) is 4.47. The van der Waals surface area contributed by atoms with E-state index in [0.29, 0.717) is 18.5 Å². The summed E-state index contributed by atoms with van der Waals surface area (Å²) in [7, 11) is 0. The first kappa shape index (κ1) is 17.5. The van der Waals surface area contributed by atoms with Crippen LogP contribution in [-0.2, 0) is 6.54 Å². The predicted molar refractivity (Wildman–Crippen MR) is 107 cm³/mol. The lowest BCUT2D eigenvalue weighted by Crippen LogP contribution is -2.07. The average molecular weight is 374 g/mol. The molecule has 0 unspecified atom stereocenters. The molecule has 7 heteroatoms. The molecule has 0 saturated heterocycles. The minimum Gasteiger partial charge on any atom is -0.493 e. The van der Waals surface area contributed by atoms with Gasteiger partial charge in [0.2, 0.25) is 5.88 Å². The monoisotopic (exact) mass is 374 g/mol. The number of hydrogen-bond donors (Lipinski definition) is 2. The lowest BCUT2D eigenvalue weighted by molar-refractivity contribution is 0.255. The van der Waals surface area contributed by atoms with E-state index in [4.69, 9.17) is 10.5 Å². The van der Waals surface area contributed by atoms with Gasteiger partial charge in [-0.15, -0.1) is 5.11 Å². The third kappa shape index (κ3) is 3.37. The molecular weight excluding hydrogens is 356 g/mol. The van der Waals surface area contributed by atoms with Gasteiger partial charge in [0.1, 0.15) is 12.4 Å². The number of primary amides is 1. The number of fused-ring (bicyclic) bond motifs is 2. The van der Waals surface area contributed by atoms with Crippen LogP contribution in [0.4, 0.5) is 10.5 Å². The summed E-state index contributed by atoms with van der Waals surface area (Å²) in [6.45, 7) is 0.738. The Balaban J connectivity index is 1.57. The van der Waals surface area contributed by atoms with Crippen LogP contribution in [-0.4, -0.2) is 22.3 Å². The van der Waals surface area contributed by atoms with Crippen molar-refractivity contribution in [2.45, 2.75) is 6.54 Å². The van der Waals surface area contributed by atoms with Crippen LogP contribution in [0.1, 0.15) is 0 Å². The Labute approximate surface area is 160 Å². The fraction of sp³-hybridized carbons (Fsp3) is 0.0952. The summed E-state index contributed by atoms with van der Waals surface area (Å²) in [5.41, 5.74) is 5.99. The predicted octanol–water partition coefficient (Wildman–Crippen LogP) is 4.74. The molecule has 4 rings (SSSR count). The van der Waals surface area contributed by atoms with E-state index in [1.165, 1.54) is 0 Å². The standard InChI is InChI=1S/C21H18N4O3/c22-21(27)24-23-19-17-7-3-4-8-18(17)25(20(19)26)11-12-28-16-10-9-14-5-1-2-6-15(14)13-16/h1-10,13,26H,11-12H2,(H2,22,27). The Morgan fingerprint density at radius 1 is 1.04 bits per heavy atom. The molecule has 28 heavy (non-hydrogen) atoms. The lowest BCUT2D eigenvalue weighted by Gasteiger charge is -2.10.